The molecule has 81 heavy (non-hydrogen) atoms. The summed E-state index contributed by atoms with van der Waals surface area (Å²) >= 11 is 0. The van der Waals surface area contributed by atoms with Gasteiger partial charge in [-0.2, -0.15) is 0 Å². The summed E-state index contributed by atoms with van der Waals surface area (Å²) in [5.41, 5.74) is 0. The van der Waals surface area contributed by atoms with Crippen molar-refractivity contribution in [2.45, 2.75) is 313 Å². The Bertz CT molecular complexity index is 1610. The topological polar surface area (TPSA) is 214 Å². The number of carbonyl (C=O) groups excluding carboxylic acids is 1. The minimum atomic E-state index is -1.71. The lowest BCUT2D eigenvalue weighted by molar-refractivity contribution is -0.332. The van der Waals surface area contributed by atoms with Crippen molar-refractivity contribution in [1.29, 1.82) is 0 Å². The van der Waals surface area contributed by atoms with Crippen LogP contribution in [-0.2, 0) is 33.2 Å². The molecule has 0 aromatic rings. The molecule has 11 atom stereocenters. The fourth-order valence-corrected chi connectivity index (χ4v) is 10.0. The fourth-order valence-electron chi connectivity index (χ4n) is 10.0. The predicted molar refractivity (Wildman–Crippen MR) is 325 cm³/mol. The smallest absolute Gasteiger partial charge is 0.306 e. The number of esters is 1. The highest BCUT2D eigenvalue weighted by Crippen LogP contribution is 2.27. The van der Waals surface area contributed by atoms with E-state index >= 15 is 0 Å². The van der Waals surface area contributed by atoms with Crippen LogP contribution in [0, 0.1) is 0 Å². The fraction of sp³-hybridized carbons (Fsp3) is 0.806. The maximum atomic E-state index is 13.1. The van der Waals surface area contributed by atoms with Crippen molar-refractivity contribution in [3.05, 3.63) is 72.9 Å². The number of aliphatic hydroxyl groups excluding tert-OH is 7. The monoisotopic (exact) mass is 1150 g/mol. The van der Waals surface area contributed by atoms with E-state index < -0.39 is 80.7 Å². The molecule has 0 aliphatic carbocycles. The highest BCUT2D eigenvalue weighted by molar-refractivity contribution is 5.69. The molecular formula is C67H118O14. The lowest BCUT2D eigenvalue weighted by Crippen LogP contribution is -2.61. The summed E-state index contributed by atoms with van der Waals surface area (Å²) in [4.78, 5) is 13.1. The maximum Gasteiger partial charge on any atom is 0.306 e. The zero-order valence-corrected chi connectivity index (χ0v) is 50.8. The second-order valence-electron chi connectivity index (χ2n) is 22.6. The SMILES string of the molecule is CC/C=C\C/C=C\C/C=C\C/C=C\CCCCCCCCCCCOCC(COC1OC(COC2OC(CO)C(O)C(O)C2O)C(O)C(O)C1O)OC(=O)CCCCCCCCCCCCCCC/C=C\C/C=C\CCCCCCC. The zero-order chi connectivity index (χ0) is 58.6. The Morgan fingerprint density at radius 2 is 0.802 bits per heavy atom. The van der Waals surface area contributed by atoms with Gasteiger partial charge in [0.1, 0.15) is 54.9 Å². The molecule has 2 fully saturated rings. The highest BCUT2D eigenvalue weighted by atomic mass is 16.7. The lowest BCUT2D eigenvalue weighted by Gasteiger charge is -2.42. The number of hydrogen-bond donors (Lipinski definition) is 7. The quantitative estimate of drug-likeness (QED) is 0.0172. The minimum absolute atomic E-state index is 0.0551. The number of aliphatic hydroxyl groups is 7. The Morgan fingerprint density at radius 3 is 1.26 bits per heavy atom. The van der Waals surface area contributed by atoms with Crippen LogP contribution in [0.5, 0.6) is 0 Å². The van der Waals surface area contributed by atoms with Gasteiger partial charge in [-0.3, -0.25) is 4.79 Å². The van der Waals surface area contributed by atoms with Crippen molar-refractivity contribution in [3.63, 3.8) is 0 Å². The predicted octanol–water partition coefficient (Wildman–Crippen LogP) is 13.0. The van der Waals surface area contributed by atoms with Gasteiger partial charge in [0.25, 0.3) is 0 Å². The normalized spacial score (nSPS) is 24.2. The van der Waals surface area contributed by atoms with Gasteiger partial charge in [0.15, 0.2) is 12.6 Å². The molecule has 2 rings (SSSR count). The van der Waals surface area contributed by atoms with E-state index in [1.807, 2.05) is 0 Å². The summed E-state index contributed by atoms with van der Waals surface area (Å²) in [5, 5.41) is 72.5. The number of allylic oxidation sites excluding steroid dienone is 12. The first-order valence-corrected chi connectivity index (χ1v) is 32.5. The van der Waals surface area contributed by atoms with Gasteiger partial charge in [0.2, 0.25) is 0 Å². The summed E-state index contributed by atoms with van der Waals surface area (Å²) in [6.07, 6.45) is 52.5. The standard InChI is InChI=1S/C67H118O14/c1-3-5-7-9-11-13-15-17-19-21-23-25-27-28-29-30-32-34-36-38-40-42-44-46-48-50-59(69)79-56(53-76-51-49-47-45-43-41-39-37-35-33-31-26-24-22-20-18-16-14-12-10-8-6-4-2)54-77-66-65(75)63(73)61(71)58(81-66)55-78-67-64(74)62(72)60(70)57(52-68)80-67/h6,8,12,14-15,17-18,20-21,23-24,26,56-58,60-68,70-75H,3-5,7,9-11,13,16,19,22,25,27-55H2,1-2H3/b8-6-,14-12-,17-15-,20-18-,23-21-,26-24-. The molecule has 2 heterocycles. The molecule has 470 valence electrons. The molecule has 0 aromatic carbocycles. The van der Waals surface area contributed by atoms with Crippen LogP contribution in [0.1, 0.15) is 245 Å². The van der Waals surface area contributed by atoms with E-state index in [0.717, 1.165) is 77.0 Å². The van der Waals surface area contributed by atoms with Crippen molar-refractivity contribution in [2.75, 3.05) is 33.0 Å². The summed E-state index contributed by atoms with van der Waals surface area (Å²) in [6, 6.07) is 0. The van der Waals surface area contributed by atoms with Gasteiger partial charge in [-0.25, -0.2) is 0 Å². The molecule has 0 saturated carbocycles. The second-order valence-corrected chi connectivity index (χ2v) is 22.6. The third kappa shape index (κ3) is 38.9. The Hall–Kier alpha value is -2.57. The Labute approximate surface area is 491 Å². The van der Waals surface area contributed by atoms with Crippen molar-refractivity contribution < 1.29 is 69.0 Å². The molecule has 0 amide bonds. The van der Waals surface area contributed by atoms with Gasteiger partial charge < -0.3 is 64.2 Å². The number of rotatable bonds is 53. The molecule has 2 saturated heterocycles. The van der Waals surface area contributed by atoms with Crippen LogP contribution in [0.4, 0.5) is 0 Å². The largest absolute Gasteiger partial charge is 0.457 e. The zero-order valence-electron chi connectivity index (χ0n) is 50.8. The molecule has 2 aliphatic heterocycles. The van der Waals surface area contributed by atoms with Crippen LogP contribution < -0.4 is 0 Å². The minimum Gasteiger partial charge on any atom is -0.457 e. The molecule has 0 radical (unpaired) electrons. The van der Waals surface area contributed by atoms with Crippen molar-refractivity contribution in [1.82, 2.24) is 0 Å². The van der Waals surface area contributed by atoms with Crippen molar-refractivity contribution >= 4 is 5.97 Å². The molecule has 11 unspecified atom stereocenters. The van der Waals surface area contributed by atoms with E-state index in [-0.39, 0.29) is 25.6 Å². The van der Waals surface area contributed by atoms with Crippen LogP contribution in [0.25, 0.3) is 0 Å². The number of hydrogen-bond acceptors (Lipinski definition) is 14. The van der Waals surface area contributed by atoms with Crippen molar-refractivity contribution in [3.8, 4) is 0 Å². The van der Waals surface area contributed by atoms with Crippen molar-refractivity contribution in [2.24, 2.45) is 0 Å². The van der Waals surface area contributed by atoms with Gasteiger partial charge in [-0.1, -0.05) is 228 Å². The number of carbonyl (C=O) groups is 1. The van der Waals surface area contributed by atoms with Crippen LogP contribution in [-0.4, -0.2) is 142 Å². The summed E-state index contributed by atoms with van der Waals surface area (Å²) in [5.74, 6) is -0.378. The lowest BCUT2D eigenvalue weighted by atomic mass is 9.98. The first kappa shape index (κ1) is 74.5. The van der Waals surface area contributed by atoms with Crippen LogP contribution in [0.2, 0.25) is 0 Å². The van der Waals surface area contributed by atoms with Gasteiger partial charge in [-0.05, 0) is 83.5 Å². The molecule has 2 aliphatic rings. The molecular weight excluding hydrogens is 1030 g/mol. The van der Waals surface area contributed by atoms with E-state index in [4.69, 9.17) is 28.4 Å². The molecule has 0 bridgehead atoms. The van der Waals surface area contributed by atoms with Crippen LogP contribution in [0.3, 0.4) is 0 Å². The van der Waals surface area contributed by atoms with E-state index in [2.05, 4.69) is 86.8 Å². The summed E-state index contributed by atoms with van der Waals surface area (Å²) < 4.78 is 34.5. The van der Waals surface area contributed by atoms with Gasteiger partial charge in [-0.15, -0.1) is 0 Å². The van der Waals surface area contributed by atoms with Gasteiger partial charge in [0, 0.05) is 13.0 Å². The average Bonchev–Trinajstić information content (AvgIpc) is 3.57. The van der Waals surface area contributed by atoms with Gasteiger partial charge >= 0.3 is 5.97 Å². The van der Waals surface area contributed by atoms with Crippen LogP contribution in [0.15, 0.2) is 72.9 Å². The van der Waals surface area contributed by atoms with Gasteiger partial charge in [0.05, 0.1) is 26.4 Å². The molecule has 0 spiro atoms. The average molecular weight is 1150 g/mol. The maximum absolute atomic E-state index is 13.1. The molecule has 0 aromatic heterocycles. The Morgan fingerprint density at radius 1 is 0.420 bits per heavy atom. The van der Waals surface area contributed by atoms with E-state index in [1.54, 1.807) is 0 Å². The molecule has 14 heteroatoms. The first-order valence-electron chi connectivity index (χ1n) is 32.5. The number of unbranched alkanes of at least 4 members (excludes halogenated alkanes) is 27. The number of ether oxygens (including phenoxy) is 6. The second kappa shape index (κ2) is 52.9. The van der Waals surface area contributed by atoms with E-state index in [9.17, 15) is 40.5 Å². The summed E-state index contributed by atoms with van der Waals surface area (Å²) in [7, 11) is 0. The Kier molecular flexibility index (Phi) is 48.7. The first-order chi connectivity index (χ1) is 39.6. The molecule has 7 N–H and O–H groups in total. The van der Waals surface area contributed by atoms with E-state index in [0.29, 0.717) is 13.0 Å². The Balaban J connectivity index is 1.67. The highest BCUT2D eigenvalue weighted by Gasteiger charge is 2.47. The third-order valence-electron chi connectivity index (χ3n) is 15.2. The third-order valence-corrected chi connectivity index (χ3v) is 15.2. The van der Waals surface area contributed by atoms with E-state index in [1.165, 1.54) is 141 Å². The van der Waals surface area contributed by atoms with Crippen LogP contribution >= 0.6 is 0 Å². The summed E-state index contributed by atoms with van der Waals surface area (Å²) in [6.45, 7) is 3.58. The molecule has 14 nitrogen and oxygen atoms in total.